The smallest absolute Gasteiger partial charge is 0.173 e. The lowest BCUT2D eigenvalue weighted by molar-refractivity contribution is 0.340. The van der Waals surface area contributed by atoms with Crippen LogP contribution in [0.4, 0.5) is 5.69 Å². The average Bonchev–Trinajstić information content (AvgIpc) is 2.51. The van der Waals surface area contributed by atoms with Crippen LogP contribution in [-0.2, 0) is 6.54 Å². The number of benzene rings is 2. The van der Waals surface area contributed by atoms with Crippen molar-refractivity contribution in [1.29, 1.82) is 0 Å². The molecule has 0 saturated carbocycles. The van der Waals surface area contributed by atoms with E-state index in [1.54, 1.807) is 0 Å². The summed E-state index contributed by atoms with van der Waals surface area (Å²) in [7, 11) is 2.00. The molecule has 2 rings (SSSR count). The van der Waals surface area contributed by atoms with Crippen molar-refractivity contribution in [2.24, 2.45) is 0 Å². The van der Waals surface area contributed by atoms with Gasteiger partial charge in [0, 0.05) is 19.3 Å². The second-order valence-corrected chi connectivity index (χ2v) is 5.56. The molecule has 0 spiro atoms. The quantitative estimate of drug-likeness (QED) is 0.835. The first-order chi connectivity index (χ1) is 10.6. The SMILES string of the molecule is CCOc1ccc(NC(=S)N(C)Cc2ccccc2C)cc1. The van der Waals surface area contributed by atoms with Crippen LogP contribution >= 0.6 is 12.2 Å². The van der Waals surface area contributed by atoms with E-state index in [0.29, 0.717) is 11.7 Å². The van der Waals surface area contributed by atoms with Gasteiger partial charge in [0.2, 0.25) is 0 Å². The van der Waals surface area contributed by atoms with Gasteiger partial charge in [0.05, 0.1) is 6.61 Å². The molecule has 2 aromatic rings. The number of aryl methyl sites for hydroxylation is 1. The lowest BCUT2D eigenvalue weighted by Crippen LogP contribution is -2.30. The molecule has 0 aliphatic carbocycles. The van der Waals surface area contributed by atoms with E-state index in [-0.39, 0.29) is 0 Å². The van der Waals surface area contributed by atoms with Crippen molar-refractivity contribution in [3.8, 4) is 5.75 Å². The number of ether oxygens (including phenoxy) is 1. The van der Waals surface area contributed by atoms with Crippen LogP contribution in [0.25, 0.3) is 0 Å². The summed E-state index contributed by atoms with van der Waals surface area (Å²) in [6, 6.07) is 16.2. The predicted octanol–water partition coefficient (Wildman–Crippen LogP) is 4.22. The zero-order valence-electron chi connectivity index (χ0n) is 13.3. The topological polar surface area (TPSA) is 24.5 Å². The van der Waals surface area contributed by atoms with Crippen molar-refractivity contribution in [2.45, 2.75) is 20.4 Å². The van der Waals surface area contributed by atoms with Gasteiger partial charge in [-0.1, -0.05) is 24.3 Å². The molecule has 116 valence electrons. The molecule has 0 heterocycles. The minimum absolute atomic E-state index is 0.671. The number of nitrogens with one attached hydrogen (secondary N) is 1. The number of rotatable bonds is 5. The molecule has 22 heavy (non-hydrogen) atoms. The minimum Gasteiger partial charge on any atom is -0.494 e. The fourth-order valence-electron chi connectivity index (χ4n) is 2.13. The number of hydrogen-bond donors (Lipinski definition) is 1. The Bertz CT molecular complexity index is 625. The zero-order chi connectivity index (χ0) is 15.9. The summed E-state index contributed by atoms with van der Waals surface area (Å²) < 4.78 is 5.43. The fraction of sp³-hybridized carbons (Fsp3) is 0.278. The molecular weight excluding hydrogens is 292 g/mol. The van der Waals surface area contributed by atoms with E-state index >= 15 is 0 Å². The number of thiocarbonyl (C=S) groups is 1. The Hall–Kier alpha value is -2.07. The lowest BCUT2D eigenvalue weighted by Gasteiger charge is -2.22. The molecule has 0 radical (unpaired) electrons. The summed E-state index contributed by atoms with van der Waals surface area (Å²) in [6.45, 7) is 5.55. The molecule has 0 atom stereocenters. The Morgan fingerprint density at radius 1 is 1.14 bits per heavy atom. The Kier molecular flexibility index (Phi) is 5.78. The molecule has 4 heteroatoms. The largest absolute Gasteiger partial charge is 0.494 e. The van der Waals surface area contributed by atoms with Crippen molar-refractivity contribution < 1.29 is 4.74 Å². The third-order valence-corrected chi connectivity index (χ3v) is 3.85. The molecule has 0 saturated heterocycles. The molecule has 1 N–H and O–H groups in total. The van der Waals surface area contributed by atoms with Gasteiger partial charge < -0.3 is 15.0 Å². The van der Waals surface area contributed by atoms with Crippen LogP contribution in [-0.4, -0.2) is 23.7 Å². The first kappa shape index (κ1) is 16.3. The molecule has 0 aliphatic heterocycles. The van der Waals surface area contributed by atoms with E-state index < -0.39 is 0 Å². The fourth-order valence-corrected chi connectivity index (χ4v) is 2.32. The van der Waals surface area contributed by atoms with Gasteiger partial charge in [-0.2, -0.15) is 0 Å². The highest BCUT2D eigenvalue weighted by atomic mass is 32.1. The van der Waals surface area contributed by atoms with Crippen molar-refractivity contribution in [3.63, 3.8) is 0 Å². The van der Waals surface area contributed by atoms with Crippen molar-refractivity contribution in [3.05, 3.63) is 59.7 Å². The Morgan fingerprint density at radius 2 is 1.82 bits per heavy atom. The summed E-state index contributed by atoms with van der Waals surface area (Å²) in [4.78, 5) is 2.04. The Balaban J connectivity index is 1.95. The molecule has 0 bridgehead atoms. The van der Waals surface area contributed by atoms with Gasteiger partial charge in [0.15, 0.2) is 5.11 Å². The third-order valence-electron chi connectivity index (χ3n) is 3.43. The molecule has 0 aliphatic rings. The number of hydrogen-bond acceptors (Lipinski definition) is 2. The first-order valence-corrected chi connectivity index (χ1v) is 7.80. The second kappa shape index (κ2) is 7.80. The maximum Gasteiger partial charge on any atom is 0.173 e. The summed E-state index contributed by atoms with van der Waals surface area (Å²) in [6.07, 6.45) is 0. The van der Waals surface area contributed by atoms with Gasteiger partial charge in [-0.05, 0) is 61.5 Å². The van der Waals surface area contributed by atoms with Gasteiger partial charge in [0.25, 0.3) is 0 Å². The van der Waals surface area contributed by atoms with Gasteiger partial charge >= 0.3 is 0 Å². The van der Waals surface area contributed by atoms with Gasteiger partial charge in [-0.15, -0.1) is 0 Å². The molecule has 0 aromatic heterocycles. The van der Waals surface area contributed by atoms with E-state index in [9.17, 15) is 0 Å². The van der Waals surface area contributed by atoms with E-state index in [1.807, 2.05) is 43.1 Å². The van der Waals surface area contributed by atoms with Crippen molar-refractivity contribution >= 4 is 23.0 Å². The van der Waals surface area contributed by atoms with E-state index in [2.05, 4.69) is 36.5 Å². The zero-order valence-corrected chi connectivity index (χ0v) is 14.1. The molecule has 0 amide bonds. The highest BCUT2D eigenvalue weighted by Gasteiger charge is 2.07. The third kappa shape index (κ3) is 4.46. The Labute approximate surface area is 137 Å². The van der Waals surface area contributed by atoms with Crippen LogP contribution in [0.3, 0.4) is 0 Å². The van der Waals surface area contributed by atoms with Crippen molar-refractivity contribution in [2.75, 3.05) is 19.0 Å². The molecule has 2 aromatic carbocycles. The molecule has 3 nitrogen and oxygen atoms in total. The van der Waals surface area contributed by atoms with E-state index in [0.717, 1.165) is 18.0 Å². The predicted molar refractivity (Wildman–Crippen MR) is 96.5 cm³/mol. The Morgan fingerprint density at radius 3 is 2.45 bits per heavy atom. The monoisotopic (exact) mass is 314 g/mol. The second-order valence-electron chi connectivity index (χ2n) is 5.17. The molecule has 0 fully saturated rings. The van der Waals surface area contributed by atoms with E-state index in [4.69, 9.17) is 17.0 Å². The van der Waals surface area contributed by atoms with Gasteiger partial charge in [-0.25, -0.2) is 0 Å². The minimum atomic E-state index is 0.671. The van der Waals surface area contributed by atoms with Crippen LogP contribution in [0.2, 0.25) is 0 Å². The highest BCUT2D eigenvalue weighted by Crippen LogP contribution is 2.16. The molecule has 0 unspecified atom stereocenters. The van der Waals surface area contributed by atoms with Crippen LogP contribution in [0.15, 0.2) is 48.5 Å². The summed E-state index contributed by atoms with van der Waals surface area (Å²) in [5.41, 5.74) is 3.52. The van der Waals surface area contributed by atoms with Gasteiger partial charge in [-0.3, -0.25) is 0 Å². The number of anilines is 1. The van der Waals surface area contributed by atoms with Crippen LogP contribution in [0.1, 0.15) is 18.1 Å². The standard InChI is InChI=1S/C18H22N2OS/c1-4-21-17-11-9-16(10-12-17)19-18(22)20(3)13-15-8-6-5-7-14(15)2/h5-12H,4,13H2,1-3H3,(H,19,22). The van der Waals surface area contributed by atoms with Crippen LogP contribution in [0.5, 0.6) is 5.75 Å². The number of nitrogens with zero attached hydrogens (tertiary/aromatic N) is 1. The van der Waals surface area contributed by atoms with Crippen LogP contribution < -0.4 is 10.1 Å². The summed E-state index contributed by atoms with van der Waals surface area (Å²) in [5, 5.41) is 3.95. The highest BCUT2D eigenvalue weighted by molar-refractivity contribution is 7.80. The molecular formula is C18H22N2OS. The maximum atomic E-state index is 5.47. The normalized spacial score (nSPS) is 10.1. The first-order valence-electron chi connectivity index (χ1n) is 7.39. The average molecular weight is 314 g/mol. The maximum absolute atomic E-state index is 5.47. The van der Waals surface area contributed by atoms with Crippen LogP contribution in [0, 0.1) is 6.92 Å². The summed E-state index contributed by atoms with van der Waals surface area (Å²) >= 11 is 5.47. The summed E-state index contributed by atoms with van der Waals surface area (Å²) in [5.74, 6) is 0.868. The van der Waals surface area contributed by atoms with Crippen molar-refractivity contribution in [1.82, 2.24) is 4.90 Å². The lowest BCUT2D eigenvalue weighted by atomic mass is 10.1. The van der Waals surface area contributed by atoms with Gasteiger partial charge in [0.1, 0.15) is 5.75 Å². The van der Waals surface area contributed by atoms with E-state index in [1.165, 1.54) is 11.1 Å².